The third-order valence-corrected chi connectivity index (χ3v) is 2.68. The molecule has 1 rings (SSSR count). The molecule has 0 aliphatic rings. The Labute approximate surface area is 91.6 Å². The summed E-state index contributed by atoms with van der Waals surface area (Å²) in [6.45, 7) is 4.07. The lowest BCUT2D eigenvalue weighted by Gasteiger charge is -2.22. The minimum Gasteiger partial charge on any atom is -0.388 e. The number of anilines is 2. The van der Waals surface area contributed by atoms with Crippen molar-refractivity contribution in [2.24, 2.45) is 0 Å². The Morgan fingerprint density at radius 3 is 2.67 bits per heavy atom. The van der Waals surface area contributed by atoms with Crippen LogP contribution in [-0.4, -0.2) is 19.9 Å². The lowest BCUT2D eigenvalue weighted by atomic mass is 10.1. The Bertz CT molecular complexity index is 358. The van der Waals surface area contributed by atoms with Gasteiger partial charge in [0, 0.05) is 31.9 Å². The molecule has 1 aromatic carbocycles. The number of hydrogen-bond acceptors (Lipinski definition) is 2. The molecule has 0 saturated heterocycles. The first kappa shape index (κ1) is 11.6. The summed E-state index contributed by atoms with van der Waals surface area (Å²) in [5, 5.41) is 11.0. The quantitative estimate of drug-likeness (QED) is 0.588. The Kier molecular flexibility index (Phi) is 3.72. The summed E-state index contributed by atoms with van der Waals surface area (Å²) in [5.41, 5.74) is 3.39. The maximum atomic E-state index is 7.81. The average molecular weight is 205 g/mol. The summed E-state index contributed by atoms with van der Waals surface area (Å²) >= 11 is 0. The summed E-state index contributed by atoms with van der Waals surface area (Å²) in [5.74, 6) is 0.631. The largest absolute Gasteiger partial charge is 0.388 e. The van der Waals surface area contributed by atoms with Gasteiger partial charge in [-0.05, 0) is 24.6 Å². The van der Waals surface area contributed by atoms with E-state index in [-0.39, 0.29) is 0 Å². The first-order chi connectivity index (χ1) is 7.11. The van der Waals surface area contributed by atoms with Crippen molar-refractivity contribution in [2.75, 3.05) is 24.3 Å². The molecule has 2 N–H and O–H groups in total. The summed E-state index contributed by atoms with van der Waals surface area (Å²) < 4.78 is 0. The topological polar surface area (TPSA) is 39.1 Å². The zero-order valence-electron chi connectivity index (χ0n) is 9.89. The monoisotopic (exact) mass is 205 g/mol. The van der Waals surface area contributed by atoms with E-state index in [0.717, 1.165) is 17.8 Å². The summed E-state index contributed by atoms with van der Waals surface area (Å²) in [4.78, 5) is 1.93. The number of hydrogen-bond donors (Lipinski definition) is 2. The Hall–Kier alpha value is -1.51. The van der Waals surface area contributed by atoms with Crippen molar-refractivity contribution in [1.29, 1.82) is 5.41 Å². The maximum absolute atomic E-state index is 7.81. The maximum Gasteiger partial charge on any atom is 0.0997 e. The molecule has 0 aliphatic carbocycles. The molecule has 0 atom stereocenters. The van der Waals surface area contributed by atoms with Gasteiger partial charge in [-0.15, -0.1) is 0 Å². The number of amidine groups is 1. The molecular formula is C12H19N3. The SMILES string of the molecule is CCC(=N)N(C)c1cccc(NC)c1C. The molecule has 15 heavy (non-hydrogen) atoms. The molecule has 0 heterocycles. The molecule has 0 unspecified atom stereocenters. The van der Waals surface area contributed by atoms with Crippen LogP contribution in [0.1, 0.15) is 18.9 Å². The van der Waals surface area contributed by atoms with E-state index in [4.69, 9.17) is 5.41 Å². The lowest BCUT2D eigenvalue weighted by molar-refractivity contribution is 1.11. The van der Waals surface area contributed by atoms with Crippen molar-refractivity contribution in [3.63, 3.8) is 0 Å². The fourth-order valence-electron chi connectivity index (χ4n) is 1.64. The minimum atomic E-state index is 0.631. The van der Waals surface area contributed by atoms with Crippen molar-refractivity contribution in [2.45, 2.75) is 20.3 Å². The Morgan fingerprint density at radius 1 is 1.47 bits per heavy atom. The highest BCUT2D eigenvalue weighted by molar-refractivity contribution is 5.96. The van der Waals surface area contributed by atoms with Crippen LogP contribution in [0.3, 0.4) is 0 Å². The van der Waals surface area contributed by atoms with Crippen molar-refractivity contribution in [3.05, 3.63) is 23.8 Å². The highest BCUT2D eigenvalue weighted by Gasteiger charge is 2.09. The number of benzene rings is 1. The first-order valence-corrected chi connectivity index (χ1v) is 5.20. The van der Waals surface area contributed by atoms with Gasteiger partial charge in [-0.25, -0.2) is 0 Å². The molecule has 0 saturated carbocycles. The highest BCUT2D eigenvalue weighted by atomic mass is 15.1. The van der Waals surface area contributed by atoms with Crippen LogP contribution in [0.2, 0.25) is 0 Å². The first-order valence-electron chi connectivity index (χ1n) is 5.20. The van der Waals surface area contributed by atoms with Gasteiger partial charge in [-0.3, -0.25) is 5.41 Å². The third-order valence-electron chi connectivity index (χ3n) is 2.68. The normalized spacial score (nSPS) is 9.87. The van der Waals surface area contributed by atoms with E-state index >= 15 is 0 Å². The molecule has 1 aromatic rings. The molecule has 0 aromatic heterocycles. The van der Waals surface area contributed by atoms with Gasteiger partial charge in [-0.2, -0.15) is 0 Å². The standard InChI is InChI=1S/C12H19N3/c1-5-12(13)15(4)11-8-6-7-10(14-3)9(11)2/h6-8,13-14H,5H2,1-4H3. The molecule has 3 heteroatoms. The van der Waals surface area contributed by atoms with E-state index in [2.05, 4.69) is 12.2 Å². The predicted octanol–water partition coefficient (Wildman–Crippen LogP) is 2.86. The van der Waals surface area contributed by atoms with Gasteiger partial charge in [0.2, 0.25) is 0 Å². The minimum absolute atomic E-state index is 0.631. The van der Waals surface area contributed by atoms with Crippen molar-refractivity contribution in [1.82, 2.24) is 0 Å². The summed E-state index contributed by atoms with van der Waals surface area (Å²) in [6, 6.07) is 6.09. The van der Waals surface area contributed by atoms with Crippen LogP contribution >= 0.6 is 0 Å². The fraction of sp³-hybridized carbons (Fsp3) is 0.417. The lowest BCUT2D eigenvalue weighted by Crippen LogP contribution is -2.25. The second kappa shape index (κ2) is 4.82. The summed E-state index contributed by atoms with van der Waals surface area (Å²) in [7, 11) is 3.85. The second-order valence-electron chi connectivity index (χ2n) is 3.56. The van der Waals surface area contributed by atoms with Gasteiger partial charge < -0.3 is 10.2 Å². The molecule has 0 aliphatic heterocycles. The van der Waals surface area contributed by atoms with E-state index in [0.29, 0.717) is 5.84 Å². The fourth-order valence-corrected chi connectivity index (χ4v) is 1.64. The van der Waals surface area contributed by atoms with Gasteiger partial charge in [0.1, 0.15) is 0 Å². The molecule has 0 fully saturated rings. The van der Waals surface area contributed by atoms with Crippen LogP contribution in [0, 0.1) is 12.3 Å². The van der Waals surface area contributed by atoms with Crippen LogP contribution in [-0.2, 0) is 0 Å². The van der Waals surface area contributed by atoms with Crippen molar-refractivity contribution in [3.8, 4) is 0 Å². The van der Waals surface area contributed by atoms with Crippen molar-refractivity contribution < 1.29 is 0 Å². The van der Waals surface area contributed by atoms with E-state index in [1.54, 1.807) is 0 Å². The Morgan fingerprint density at radius 2 is 2.13 bits per heavy atom. The van der Waals surface area contributed by atoms with E-state index in [1.807, 2.05) is 44.1 Å². The van der Waals surface area contributed by atoms with Crippen LogP contribution in [0.25, 0.3) is 0 Å². The van der Waals surface area contributed by atoms with Gasteiger partial charge in [0.25, 0.3) is 0 Å². The van der Waals surface area contributed by atoms with Crippen molar-refractivity contribution >= 4 is 17.2 Å². The number of nitrogens with zero attached hydrogens (tertiary/aromatic N) is 1. The van der Waals surface area contributed by atoms with E-state index < -0.39 is 0 Å². The molecule has 0 amide bonds. The molecule has 0 bridgehead atoms. The molecule has 0 radical (unpaired) electrons. The van der Waals surface area contributed by atoms with Crippen LogP contribution in [0.4, 0.5) is 11.4 Å². The van der Waals surface area contributed by atoms with Gasteiger partial charge in [0.05, 0.1) is 5.84 Å². The van der Waals surface area contributed by atoms with E-state index in [1.165, 1.54) is 5.56 Å². The van der Waals surface area contributed by atoms with E-state index in [9.17, 15) is 0 Å². The zero-order chi connectivity index (χ0) is 11.4. The molecule has 0 spiro atoms. The Balaban J connectivity index is 3.09. The molecule has 82 valence electrons. The number of nitrogens with one attached hydrogen (secondary N) is 2. The molecular weight excluding hydrogens is 186 g/mol. The molecule has 3 nitrogen and oxygen atoms in total. The zero-order valence-corrected chi connectivity index (χ0v) is 9.89. The number of rotatable bonds is 3. The third kappa shape index (κ3) is 2.29. The van der Waals surface area contributed by atoms with Crippen LogP contribution < -0.4 is 10.2 Å². The van der Waals surface area contributed by atoms with Crippen LogP contribution in [0.15, 0.2) is 18.2 Å². The highest BCUT2D eigenvalue weighted by Crippen LogP contribution is 2.25. The van der Waals surface area contributed by atoms with Gasteiger partial charge in [-0.1, -0.05) is 13.0 Å². The van der Waals surface area contributed by atoms with Crippen LogP contribution in [0.5, 0.6) is 0 Å². The van der Waals surface area contributed by atoms with Gasteiger partial charge >= 0.3 is 0 Å². The summed E-state index contributed by atoms with van der Waals surface area (Å²) in [6.07, 6.45) is 0.750. The average Bonchev–Trinajstić information content (AvgIpc) is 2.27. The second-order valence-corrected chi connectivity index (χ2v) is 3.56. The van der Waals surface area contributed by atoms with Gasteiger partial charge in [0.15, 0.2) is 0 Å². The smallest absolute Gasteiger partial charge is 0.0997 e. The predicted molar refractivity (Wildman–Crippen MR) is 67.1 cm³/mol.